The minimum Gasteiger partial charge on any atom is -0.508 e. The molecule has 3 heterocycles. The van der Waals surface area contributed by atoms with Gasteiger partial charge >= 0.3 is 0 Å². The topological polar surface area (TPSA) is 72.5 Å². The molecule has 0 saturated carbocycles. The van der Waals surface area contributed by atoms with Crippen LogP contribution in [0.4, 0.5) is 4.39 Å². The van der Waals surface area contributed by atoms with Gasteiger partial charge in [-0.15, -0.1) is 0 Å². The number of halogens is 1. The molecule has 6 rings (SSSR count). The molecule has 1 unspecified atom stereocenters. The number of likely N-dealkylation sites (tertiary alicyclic amines) is 1. The van der Waals surface area contributed by atoms with Crippen molar-refractivity contribution in [2.45, 2.75) is 45.2 Å². The number of carbonyl (C=O) groups is 1. The molecule has 0 spiro atoms. The van der Waals surface area contributed by atoms with Crippen LogP contribution in [0.25, 0.3) is 11.1 Å². The van der Waals surface area contributed by atoms with Crippen LogP contribution in [0.3, 0.4) is 0 Å². The highest BCUT2D eigenvalue weighted by molar-refractivity contribution is 6.00. The molecule has 6 nitrogen and oxygen atoms in total. The molecule has 2 aliphatic heterocycles. The standard InChI is InChI=1S/C32H33FN4O2/c1-19-20(2)35-31(34-19)30(28-17-26(33)10-11-29(28)38)37-18-25-9-8-24(16-27(25)32(37)39)22-6-4-21(5-7-22)23-12-14-36(3)15-13-23/h4-11,16-17,23,30,38H,12-15,18H2,1-3H3,(H,34,35). The number of rotatable bonds is 5. The number of aromatic hydroxyl groups is 1. The molecule has 0 radical (unpaired) electrons. The summed E-state index contributed by atoms with van der Waals surface area (Å²) >= 11 is 0. The Hall–Kier alpha value is -3.97. The van der Waals surface area contributed by atoms with Crippen molar-refractivity contribution in [2.75, 3.05) is 20.1 Å². The van der Waals surface area contributed by atoms with E-state index in [0.29, 0.717) is 29.4 Å². The molecule has 1 saturated heterocycles. The summed E-state index contributed by atoms with van der Waals surface area (Å²) in [5.41, 5.74) is 6.89. The van der Waals surface area contributed by atoms with Gasteiger partial charge in [0.05, 0.1) is 5.69 Å². The Morgan fingerprint density at radius 3 is 2.41 bits per heavy atom. The first-order valence-electron chi connectivity index (χ1n) is 13.5. The second-order valence-electron chi connectivity index (χ2n) is 10.9. The maximum Gasteiger partial charge on any atom is 0.255 e. The van der Waals surface area contributed by atoms with Gasteiger partial charge in [-0.2, -0.15) is 0 Å². The van der Waals surface area contributed by atoms with Crippen molar-refractivity contribution >= 4 is 5.91 Å². The molecule has 1 fully saturated rings. The van der Waals surface area contributed by atoms with Crippen LogP contribution in [-0.2, 0) is 6.54 Å². The lowest BCUT2D eigenvalue weighted by atomic mass is 9.88. The predicted octanol–water partition coefficient (Wildman–Crippen LogP) is 6.09. The van der Waals surface area contributed by atoms with Gasteiger partial charge < -0.3 is 19.9 Å². The number of nitrogens with zero attached hydrogens (tertiary/aromatic N) is 3. The van der Waals surface area contributed by atoms with Crippen molar-refractivity contribution in [3.05, 3.63) is 106 Å². The first-order chi connectivity index (χ1) is 18.8. The van der Waals surface area contributed by atoms with E-state index in [1.54, 1.807) is 4.90 Å². The molecular formula is C32H33FN4O2. The molecule has 4 aromatic rings. The van der Waals surface area contributed by atoms with E-state index in [1.165, 1.54) is 36.6 Å². The highest BCUT2D eigenvalue weighted by atomic mass is 19.1. The number of hydrogen-bond acceptors (Lipinski definition) is 4. The summed E-state index contributed by atoms with van der Waals surface area (Å²) in [7, 11) is 2.18. The third kappa shape index (κ3) is 4.72. The number of aryl methyl sites for hydroxylation is 2. The molecule has 39 heavy (non-hydrogen) atoms. The van der Waals surface area contributed by atoms with Crippen molar-refractivity contribution in [1.29, 1.82) is 0 Å². The molecule has 200 valence electrons. The van der Waals surface area contributed by atoms with E-state index < -0.39 is 11.9 Å². The average Bonchev–Trinajstić information content (AvgIpc) is 3.44. The summed E-state index contributed by atoms with van der Waals surface area (Å²) in [6, 6.07) is 17.8. The van der Waals surface area contributed by atoms with Crippen LogP contribution in [-0.4, -0.2) is 50.9 Å². The van der Waals surface area contributed by atoms with Gasteiger partial charge in [-0.05, 0) is 99.3 Å². The number of amides is 1. The Labute approximate surface area is 228 Å². The van der Waals surface area contributed by atoms with Crippen LogP contribution in [0.2, 0.25) is 0 Å². The zero-order valence-corrected chi connectivity index (χ0v) is 22.5. The van der Waals surface area contributed by atoms with Gasteiger partial charge in [0.2, 0.25) is 0 Å². The van der Waals surface area contributed by atoms with Gasteiger partial charge in [0.25, 0.3) is 5.91 Å². The SMILES string of the molecule is Cc1nc(C(c2cc(F)ccc2O)N2Cc3ccc(-c4ccc(C5CCN(C)CC5)cc4)cc3C2=O)[nH]c1C. The number of fused-ring (bicyclic) bond motifs is 1. The molecule has 1 amide bonds. The largest absolute Gasteiger partial charge is 0.508 e. The minimum absolute atomic E-state index is 0.0812. The Morgan fingerprint density at radius 1 is 1.00 bits per heavy atom. The monoisotopic (exact) mass is 524 g/mol. The first-order valence-corrected chi connectivity index (χ1v) is 13.5. The maximum atomic E-state index is 14.3. The number of benzene rings is 3. The first kappa shape index (κ1) is 25.3. The van der Waals surface area contributed by atoms with Gasteiger partial charge in [0.1, 0.15) is 23.4 Å². The summed E-state index contributed by atoms with van der Waals surface area (Å²) in [6.07, 6.45) is 2.35. The molecule has 0 aliphatic carbocycles. The number of hydrogen-bond donors (Lipinski definition) is 2. The van der Waals surface area contributed by atoms with Gasteiger partial charge in [-0.25, -0.2) is 9.37 Å². The zero-order valence-electron chi connectivity index (χ0n) is 22.5. The summed E-state index contributed by atoms with van der Waals surface area (Å²) in [6.45, 7) is 6.37. The third-order valence-electron chi connectivity index (χ3n) is 8.38. The second-order valence-corrected chi connectivity index (χ2v) is 10.9. The lowest BCUT2D eigenvalue weighted by Gasteiger charge is -2.29. The van der Waals surface area contributed by atoms with Crippen LogP contribution in [0.5, 0.6) is 5.75 Å². The number of phenols is 1. The van der Waals surface area contributed by atoms with E-state index in [2.05, 4.69) is 52.2 Å². The molecule has 2 N–H and O–H groups in total. The highest BCUT2D eigenvalue weighted by Crippen LogP contribution is 2.40. The van der Waals surface area contributed by atoms with Crippen LogP contribution in [0, 0.1) is 19.7 Å². The van der Waals surface area contributed by atoms with Crippen molar-refractivity contribution in [3.63, 3.8) is 0 Å². The normalized spacial score (nSPS) is 17.0. The fraction of sp³-hybridized carbons (Fsp3) is 0.312. The molecule has 0 bridgehead atoms. The van der Waals surface area contributed by atoms with Crippen LogP contribution in [0.1, 0.15) is 69.1 Å². The third-order valence-corrected chi connectivity index (χ3v) is 8.38. The van der Waals surface area contributed by atoms with E-state index in [0.717, 1.165) is 41.2 Å². The highest BCUT2D eigenvalue weighted by Gasteiger charge is 2.37. The second kappa shape index (κ2) is 9.97. The quantitative estimate of drug-likeness (QED) is 0.331. The van der Waals surface area contributed by atoms with Crippen LogP contribution in [0.15, 0.2) is 60.7 Å². The Morgan fingerprint density at radius 2 is 1.72 bits per heavy atom. The maximum absolute atomic E-state index is 14.3. The van der Waals surface area contributed by atoms with E-state index in [1.807, 2.05) is 26.0 Å². The smallest absolute Gasteiger partial charge is 0.255 e. The number of aromatic nitrogens is 2. The minimum atomic E-state index is -0.759. The summed E-state index contributed by atoms with van der Waals surface area (Å²) < 4.78 is 14.3. The van der Waals surface area contributed by atoms with E-state index in [9.17, 15) is 14.3 Å². The van der Waals surface area contributed by atoms with Gasteiger partial charge in [-0.3, -0.25) is 4.79 Å². The molecule has 3 aromatic carbocycles. The van der Waals surface area contributed by atoms with E-state index >= 15 is 0 Å². The number of aromatic amines is 1. The summed E-state index contributed by atoms with van der Waals surface area (Å²) in [5.74, 6) is 0.354. The van der Waals surface area contributed by atoms with E-state index in [-0.39, 0.29) is 11.7 Å². The fourth-order valence-electron chi connectivity index (χ4n) is 5.91. The number of H-pyrrole nitrogens is 1. The summed E-state index contributed by atoms with van der Waals surface area (Å²) in [5, 5.41) is 10.7. The Kier molecular flexibility index (Phi) is 6.47. The van der Waals surface area contributed by atoms with Crippen molar-refractivity contribution < 1.29 is 14.3 Å². The molecule has 7 heteroatoms. The number of phenolic OH excluding ortho intramolecular Hbond substituents is 1. The molecular weight excluding hydrogens is 491 g/mol. The molecule has 2 aliphatic rings. The van der Waals surface area contributed by atoms with Crippen LogP contribution < -0.4 is 0 Å². The zero-order chi connectivity index (χ0) is 27.3. The molecule has 1 aromatic heterocycles. The summed E-state index contributed by atoms with van der Waals surface area (Å²) in [4.78, 5) is 25.8. The Balaban J connectivity index is 1.31. The number of imidazole rings is 1. The lowest BCUT2D eigenvalue weighted by molar-refractivity contribution is 0.0723. The average molecular weight is 525 g/mol. The molecule has 1 atom stereocenters. The van der Waals surface area contributed by atoms with Crippen molar-refractivity contribution in [2.24, 2.45) is 0 Å². The Bertz CT molecular complexity index is 1520. The van der Waals surface area contributed by atoms with Crippen molar-refractivity contribution in [1.82, 2.24) is 19.8 Å². The van der Waals surface area contributed by atoms with Crippen molar-refractivity contribution in [3.8, 4) is 16.9 Å². The number of nitrogens with one attached hydrogen (secondary N) is 1. The predicted molar refractivity (Wildman–Crippen MR) is 149 cm³/mol. The van der Waals surface area contributed by atoms with E-state index in [4.69, 9.17) is 0 Å². The van der Waals surface area contributed by atoms with Gasteiger partial charge in [-0.1, -0.05) is 36.4 Å². The van der Waals surface area contributed by atoms with Gasteiger partial charge in [0, 0.05) is 23.4 Å². The van der Waals surface area contributed by atoms with Crippen LogP contribution >= 0.6 is 0 Å². The number of piperidine rings is 1. The number of carbonyl (C=O) groups excluding carboxylic acids is 1. The lowest BCUT2D eigenvalue weighted by Crippen LogP contribution is -2.31. The van der Waals surface area contributed by atoms with Gasteiger partial charge in [0.15, 0.2) is 0 Å². The fourth-order valence-corrected chi connectivity index (χ4v) is 5.91.